The van der Waals surface area contributed by atoms with Crippen LogP contribution in [0.1, 0.15) is 34.8 Å². The van der Waals surface area contributed by atoms with Crippen molar-refractivity contribution in [2.45, 2.75) is 23.9 Å². The van der Waals surface area contributed by atoms with Crippen molar-refractivity contribution in [2.24, 2.45) is 0 Å². The number of nitrogens with zero attached hydrogens (tertiary/aromatic N) is 3. The van der Waals surface area contributed by atoms with E-state index in [0.717, 1.165) is 5.56 Å². The monoisotopic (exact) mass is 398 g/mol. The van der Waals surface area contributed by atoms with Crippen molar-refractivity contribution in [3.8, 4) is 11.4 Å². The summed E-state index contributed by atoms with van der Waals surface area (Å²) in [6, 6.07) is 12.6. The lowest BCUT2D eigenvalue weighted by Gasteiger charge is -2.07. The third kappa shape index (κ3) is 4.74. The highest BCUT2D eigenvalue weighted by Gasteiger charge is 2.18. The molecule has 0 unspecified atom stereocenters. The van der Waals surface area contributed by atoms with E-state index in [1.165, 1.54) is 23.9 Å². The van der Waals surface area contributed by atoms with Gasteiger partial charge in [-0.15, -0.1) is 10.2 Å². The Morgan fingerprint density at radius 3 is 2.14 bits per heavy atom. The summed E-state index contributed by atoms with van der Waals surface area (Å²) >= 11 is 1.22. The fourth-order valence-corrected chi connectivity index (χ4v) is 3.11. The van der Waals surface area contributed by atoms with Crippen molar-refractivity contribution in [2.75, 3.05) is 13.2 Å². The molecule has 2 heterocycles. The Labute approximate surface area is 165 Å². The van der Waals surface area contributed by atoms with Gasteiger partial charge in [-0.05, 0) is 37.7 Å². The molecule has 28 heavy (non-hydrogen) atoms. The Bertz CT molecular complexity index is 939. The number of aromatic amines is 1. The first-order valence-electron chi connectivity index (χ1n) is 8.63. The molecule has 2 aromatic heterocycles. The average Bonchev–Trinajstić information content (AvgIpc) is 3.17. The first kappa shape index (κ1) is 19.6. The van der Waals surface area contributed by atoms with Crippen molar-refractivity contribution in [1.82, 2.24) is 20.2 Å². The van der Waals surface area contributed by atoms with E-state index in [2.05, 4.69) is 20.2 Å². The topological polar surface area (TPSA) is 107 Å². The minimum absolute atomic E-state index is 0.0256. The van der Waals surface area contributed by atoms with Gasteiger partial charge >= 0.3 is 11.9 Å². The standard InChI is InChI=1S/C19H18N4O4S/c1-3-26-17(24)14-10-13(11-15(20-14)18(25)27-4-2)28-19-21-16(22-23-19)12-8-6-5-7-9-12/h5-11H,3-4H2,1-2H3,(H,21,22,23). The summed E-state index contributed by atoms with van der Waals surface area (Å²) in [4.78, 5) is 31.9. The number of rotatable bonds is 7. The zero-order valence-corrected chi connectivity index (χ0v) is 16.2. The number of hydrogen-bond donors (Lipinski definition) is 1. The molecule has 0 saturated carbocycles. The first-order chi connectivity index (χ1) is 13.6. The Morgan fingerprint density at radius 1 is 0.964 bits per heavy atom. The molecule has 9 heteroatoms. The molecule has 0 bridgehead atoms. The zero-order chi connectivity index (χ0) is 19.9. The first-order valence-corrected chi connectivity index (χ1v) is 9.44. The van der Waals surface area contributed by atoms with Crippen LogP contribution in [0.5, 0.6) is 0 Å². The highest BCUT2D eigenvalue weighted by atomic mass is 32.2. The molecular formula is C19H18N4O4S. The highest BCUT2D eigenvalue weighted by molar-refractivity contribution is 7.99. The summed E-state index contributed by atoms with van der Waals surface area (Å²) < 4.78 is 9.98. The fourth-order valence-electron chi connectivity index (χ4n) is 2.31. The van der Waals surface area contributed by atoms with Crippen LogP contribution in [0.25, 0.3) is 11.4 Å². The molecule has 0 fully saturated rings. The Kier molecular flexibility index (Phi) is 6.38. The van der Waals surface area contributed by atoms with Crippen molar-refractivity contribution >= 4 is 23.7 Å². The van der Waals surface area contributed by atoms with Gasteiger partial charge in [0.2, 0.25) is 0 Å². The van der Waals surface area contributed by atoms with Gasteiger partial charge in [-0.2, -0.15) is 0 Å². The lowest BCUT2D eigenvalue weighted by atomic mass is 10.2. The number of carbonyl (C=O) groups is 2. The maximum atomic E-state index is 12.1. The Morgan fingerprint density at radius 2 is 1.57 bits per heavy atom. The van der Waals surface area contributed by atoms with E-state index in [9.17, 15) is 9.59 Å². The van der Waals surface area contributed by atoms with Gasteiger partial charge in [0.05, 0.1) is 13.2 Å². The maximum Gasteiger partial charge on any atom is 0.356 e. The minimum Gasteiger partial charge on any atom is -0.461 e. The summed E-state index contributed by atoms with van der Waals surface area (Å²) in [5.74, 6) is -0.607. The number of nitrogens with one attached hydrogen (secondary N) is 1. The molecule has 8 nitrogen and oxygen atoms in total. The molecule has 3 aromatic rings. The molecule has 1 aromatic carbocycles. The normalized spacial score (nSPS) is 10.5. The summed E-state index contributed by atoms with van der Waals surface area (Å²) in [5.41, 5.74) is 0.950. The predicted molar refractivity (Wildman–Crippen MR) is 102 cm³/mol. The van der Waals surface area contributed by atoms with E-state index in [4.69, 9.17) is 9.47 Å². The van der Waals surface area contributed by atoms with Crippen LogP contribution in [-0.4, -0.2) is 45.3 Å². The lowest BCUT2D eigenvalue weighted by molar-refractivity contribution is 0.0510. The maximum absolute atomic E-state index is 12.1. The quantitative estimate of drug-likeness (QED) is 0.604. The van der Waals surface area contributed by atoms with E-state index in [0.29, 0.717) is 15.9 Å². The van der Waals surface area contributed by atoms with Crippen molar-refractivity contribution in [1.29, 1.82) is 0 Å². The number of aromatic nitrogens is 4. The second kappa shape index (κ2) is 9.14. The molecule has 0 aliphatic rings. The SMILES string of the molecule is CCOC(=O)c1cc(Sc2nnc(-c3ccccc3)[nH]2)cc(C(=O)OCC)n1. The largest absolute Gasteiger partial charge is 0.461 e. The zero-order valence-electron chi connectivity index (χ0n) is 15.3. The molecule has 1 N–H and O–H groups in total. The van der Waals surface area contributed by atoms with E-state index >= 15 is 0 Å². The highest BCUT2D eigenvalue weighted by Crippen LogP contribution is 2.28. The van der Waals surface area contributed by atoms with Gasteiger partial charge < -0.3 is 14.5 Å². The molecule has 0 radical (unpaired) electrons. The number of pyridine rings is 1. The molecular weight excluding hydrogens is 380 g/mol. The second-order valence-corrected chi connectivity index (χ2v) is 6.52. The lowest BCUT2D eigenvalue weighted by Crippen LogP contribution is -2.13. The number of ether oxygens (including phenoxy) is 2. The number of carbonyl (C=O) groups excluding carboxylic acids is 2. The molecule has 0 spiro atoms. The van der Waals surface area contributed by atoms with Gasteiger partial charge in [0.25, 0.3) is 0 Å². The van der Waals surface area contributed by atoms with Gasteiger partial charge in [0, 0.05) is 10.5 Å². The second-order valence-electron chi connectivity index (χ2n) is 5.46. The molecule has 3 rings (SSSR count). The van der Waals surface area contributed by atoms with Crippen LogP contribution in [0.2, 0.25) is 0 Å². The summed E-state index contributed by atoms with van der Waals surface area (Å²) in [7, 11) is 0. The van der Waals surface area contributed by atoms with E-state index < -0.39 is 11.9 Å². The van der Waals surface area contributed by atoms with Gasteiger partial charge in [-0.3, -0.25) is 0 Å². The molecule has 144 valence electrons. The van der Waals surface area contributed by atoms with Crippen LogP contribution < -0.4 is 0 Å². The minimum atomic E-state index is -0.613. The average molecular weight is 398 g/mol. The van der Waals surface area contributed by atoms with Crippen LogP contribution in [0.4, 0.5) is 0 Å². The van der Waals surface area contributed by atoms with Crippen LogP contribution in [0.3, 0.4) is 0 Å². The van der Waals surface area contributed by atoms with Gasteiger partial charge in [0.15, 0.2) is 11.0 Å². The third-order valence-corrected chi connectivity index (χ3v) is 4.34. The summed E-state index contributed by atoms with van der Waals surface area (Å²) in [6.07, 6.45) is 0. The Balaban J connectivity index is 1.89. The molecule has 0 atom stereocenters. The van der Waals surface area contributed by atoms with E-state index in [1.807, 2.05) is 30.3 Å². The molecule has 0 aliphatic heterocycles. The van der Waals surface area contributed by atoms with E-state index in [-0.39, 0.29) is 24.6 Å². The number of benzene rings is 1. The summed E-state index contributed by atoms with van der Waals surface area (Å²) in [6.45, 7) is 3.80. The fraction of sp³-hybridized carbons (Fsp3) is 0.211. The van der Waals surface area contributed by atoms with E-state index in [1.54, 1.807) is 13.8 Å². The van der Waals surface area contributed by atoms with Crippen molar-refractivity contribution < 1.29 is 19.1 Å². The van der Waals surface area contributed by atoms with Crippen molar-refractivity contribution in [3.05, 3.63) is 53.9 Å². The number of esters is 2. The molecule has 0 amide bonds. The molecule has 0 aliphatic carbocycles. The van der Waals surface area contributed by atoms with Crippen LogP contribution in [0.15, 0.2) is 52.5 Å². The van der Waals surface area contributed by atoms with Crippen LogP contribution in [-0.2, 0) is 9.47 Å². The predicted octanol–water partition coefficient (Wildman–Crippen LogP) is 3.37. The van der Waals surface area contributed by atoms with Gasteiger partial charge in [0.1, 0.15) is 11.4 Å². The van der Waals surface area contributed by atoms with Crippen molar-refractivity contribution in [3.63, 3.8) is 0 Å². The van der Waals surface area contributed by atoms with Gasteiger partial charge in [-0.1, -0.05) is 30.3 Å². The van der Waals surface area contributed by atoms with Crippen LogP contribution >= 0.6 is 11.8 Å². The third-order valence-electron chi connectivity index (χ3n) is 3.50. The smallest absolute Gasteiger partial charge is 0.356 e. The Hall–Kier alpha value is -3.20. The number of H-pyrrole nitrogens is 1. The number of hydrogen-bond acceptors (Lipinski definition) is 8. The summed E-state index contributed by atoms with van der Waals surface area (Å²) in [5, 5.41) is 8.75. The molecule has 0 saturated heterocycles. The van der Waals surface area contributed by atoms with Gasteiger partial charge in [-0.25, -0.2) is 14.6 Å². The van der Waals surface area contributed by atoms with Crippen LogP contribution in [0, 0.1) is 0 Å².